The van der Waals surface area contributed by atoms with Crippen molar-refractivity contribution >= 4 is 33.2 Å². The molecule has 0 aromatic heterocycles. The lowest BCUT2D eigenvalue weighted by molar-refractivity contribution is -0.121. The van der Waals surface area contributed by atoms with E-state index in [9.17, 15) is 18.0 Å². The van der Waals surface area contributed by atoms with Gasteiger partial charge in [0, 0.05) is 25.4 Å². The fourth-order valence-electron chi connectivity index (χ4n) is 2.06. The Morgan fingerprint density at radius 3 is 2.31 bits per heavy atom. The second-order valence-electron chi connectivity index (χ2n) is 5.95. The zero-order valence-electron chi connectivity index (χ0n) is 15.6. The number of carbonyl (C=O) groups excluding carboxylic acids is 2. The highest BCUT2D eigenvalue weighted by Gasteiger charge is 2.22. The molecule has 0 unspecified atom stereocenters. The third-order valence-corrected chi connectivity index (χ3v) is 5.33. The Hall–Kier alpha value is -2.26. The molecule has 0 bridgehead atoms. The molecule has 0 fully saturated rings. The second-order valence-corrected chi connectivity index (χ2v) is 8.00. The van der Waals surface area contributed by atoms with Gasteiger partial charge in [0.15, 0.2) is 0 Å². The molecule has 144 valence electrons. The Morgan fingerprint density at radius 2 is 1.77 bits per heavy atom. The zero-order valence-corrected chi connectivity index (χ0v) is 16.4. The van der Waals surface area contributed by atoms with Crippen LogP contribution in [0.2, 0.25) is 0 Å². The van der Waals surface area contributed by atoms with Gasteiger partial charge in [0.2, 0.25) is 15.9 Å². The molecule has 2 N–H and O–H groups in total. The van der Waals surface area contributed by atoms with E-state index < -0.39 is 15.9 Å². The highest BCUT2D eigenvalue weighted by molar-refractivity contribution is 7.89. The first-order valence-corrected chi connectivity index (χ1v) is 9.76. The monoisotopic (exact) mass is 382 g/mol. The number of amides is 2. The van der Waals surface area contributed by atoms with E-state index in [1.165, 1.54) is 38.2 Å². The fraction of sp³-hybridized carbons (Fsp3) is 0.471. The van der Waals surface area contributed by atoms with Crippen molar-refractivity contribution in [1.29, 1.82) is 0 Å². The Bertz CT molecular complexity index is 757. The van der Waals surface area contributed by atoms with E-state index in [2.05, 4.69) is 22.8 Å². The maximum atomic E-state index is 12.5. The molecule has 8 nitrogen and oxygen atoms in total. The molecular formula is C17H26N4O4S. The molecule has 0 atom stereocenters. The predicted octanol–water partition coefficient (Wildman–Crippen LogP) is 1.95. The molecule has 1 rings (SSSR count). The third-order valence-electron chi connectivity index (χ3n) is 3.51. The van der Waals surface area contributed by atoms with Crippen LogP contribution in [-0.4, -0.2) is 43.8 Å². The molecule has 1 aromatic carbocycles. The van der Waals surface area contributed by atoms with E-state index in [0.29, 0.717) is 5.69 Å². The number of sulfonamides is 1. The van der Waals surface area contributed by atoms with Crippen LogP contribution in [0.15, 0.2) is 34.3 Å². The number of hydrazone groups is 1. The van der Waals surface area contributed by atoms with Crippen molar-refractivity contribution in [2.24, 2.45) is 5.10 Å². The number of likely N-dealkylation sites (N-methyl/N-ethyl adjacent to an activating group) is 1. The van der Waals surface area contributed by atoms with Gasteiger partial charge in [0.25, 0.3) is 5.91 Å². The molecule has 0 heterocycles. The topological polar surface area (TPSA) is 108 Å². The molecule has 0 spiro atoms. The standard InChI is InChI=1S/C17H26N4O4S/c1-5-6-7-13(2)19-20-17(23)12-21(4)26(24,25)16-10-8-15(9-11-16)18-14(3)22/h8-11H,5-7,12H2,1-4H3,(H,18,22)(H,20,23)/b19-13-. The molecular weight excluding hydrogens is 356 g/mol. The lowest BCUT2D eigenvalue weighted by Gasteiger charge is -2.16. The van der Waals surface area contributed by atoms with Crippen molar-refractivity contribution in [3.05, 3.63) is 24.3 Å². The van der Waals surface area contributed by atoms with Crippen molar-refractivity contribution in [2.75, 3.05) is 18.9 Å². The van der Waals surface area contributed by atoms with E-state index in [1.807, 2.05) is 6.92 Å². The van der Waals surface area contributed by atoms with Crippen molar-refractivity contribution in [3.63, 3.8) is 0 Å². The average molecular weight is 382 g/mol. The quantitative estimate of drug-likeness (QED) is 0.503. The van der Waals surface area contributed by atoms with Crippen LogP contribution in [0.5, 0.6) is 0 Å². The van der Waals surface area contributed by atoms with Gasteiger partial charge in [0.05, 0.1) is 11.4 Å². The summed E-state index contributed by atoms with van der Waals surface area (Å²) in [5.41, 5.74) is 3.66. The minimum absolute atomic E-state index is 0.0320. The summed E-state index contributed by atoms with van der Waals surface area (Å²) in [6.45, 7) is 4.89. The van der Waals surface area contributed by atoms with Gasteiger partial charge in [-0.25, -0.2) is 13.8 Å². The number of unbranched alkanes of at least 4 members (excludes halogenated alkanes) is 1. The Labute approximate surface area is 154 Å². The maximum absolute atomic E-state index is 12.5. The van der Waals surface area contributed by atoms with E-state index in [0.717, 1.165) is 29.3 Å². The number of anilines is 1. The van der Waals surface area contributed by atoms with Gasteiger partial charge < -0.3 is 5.32 Å². The van der Waals surface area contributed by atoms with Crippen molar-refractivity contribution < 1.29 is 18.0 Å². The summed E-state index contributed by atoms with van der Waals surface area (Å²) in [5, 5.41) is 6.52. The number of hydrogen-bond acceptors (Lipinski definition) is 5. The molecule has 0 aliphatic heterocycles. The van der Waals surface area contributed by atoms with Gasteiger partial charge in [-0.3, -0.25) is 9.59 Å². The number of rotatable bonds is 9. The van der Waals surface area contributed by atoms with Gasteiger partial charge in [-0.2, -0.15) is 9.41 Å². The van der Waals surface area contributed by atoms with Gasteiger partial charge in [-0.1, -0.05) is 13.3 Å². The third kappa shape index (κ3) is 6.93. The number of benzene rings is 1. The van der Waals surface area contributed by atoms with E-state index in [4.69, 9.17) is 0 Å². The predicted molar refractivity (Wildman–Crippen MR) is 101 cm³/mol. The summed E-state index contributed by atoms with van der Waals surface area (Å²) >= 11 is 0. The van der Waals surface area contributed by atoms with Crippen LogP contribution in [0.1, 0.15) is 40.0 Å². The molecule has 0 aliphatic carbocycles. The average Bonchev–Trinajstić information content (AvgIpc) is 2.58. The Kier molecular flexibility index (Phi) is 8.40. The molecule has 0 saturated carbocycles. The second kappa shape index (κ2) is 10.0. The van der Waals surface area contributed by atoms with Gasteiger partial charge >= 0.3 is 0 Å². The van der Waals surface area contributed by atoms with Crippen LogP contribution in [0.25, 0.3) is 0 Å². The van der Waals surface area contributed by atoms with E-state index >= 15 is 0 Å². The minimum Gasteiger partial charge on any atom is -0.326 e. The zero-order chi connectivity index (χ0) is 19.7. The van der Waals surface area contributed by atoms with E-state index in [-0.39, 0.29) is 17.3 Å². The molecule has 1 aromatic rings. The number of nitrogens with one attached hydrogen (secondary N) is 2. The molecule has 9 heteroatoms. The SMILES string of the molecule is CCCC/C(C)=N\NC(=O)CN(C)S(=O)(=O)c1ccc(NC(C)=O)cc1. The summed E-state index contributed by atoms with van der Waals surface area (Å²) in [5.74, 6) is -0.758. The first-order valence-electron chi connectivity index (χ1n) is 8.32. The van der Waals surface area contributed by atoms with E-state index in [1.54, 1.807) is 0 Å². The number of carbonyl (C=O) groups is 2. The molecule has 0 saturated heterocycles. The van der Waals surface area contributed by atoms with Gasteiger partial charge in [-0.15, -0.1) is 0 Å². The van der Waals surface area contributed by atoms with Crippen LogP contribution in [0.3, 0.4) is 0 Å². The maximum Gasteiger partial charge on any atom is 0.255 e. The highest BCUT2D eigenvalue weighted by Crippen LogP contribution is 2.17. The van der Waals surface area contributed by atoms with Crippen LogP contribution in [0, 0.1) is 0 Å². The minimum atomic E-state index is -3.82. The molecule has 26 heavy (non-hydrogen) atoms. The first kappa shape index (κ1) is 21.8. The van der Waals surface area contributed by atoms with Crippen molar-refractivity contribution in [2.45, 2.75) is 44.9 Å². The molecule has 0 aliphatic rings. The summed E-state index contributed by atoms with van der Waals surface area (Å²) in [4.78, 5) is 22.9. The Morgan fingerprint density at radius 1 is 1.15 bits per heavy atom. The number of nitrogens with zero attached hydrogens (tertiary/aromatic N) is 2. The van der Waals surface area contributed by atoms with Crippen LogP contribution in [0.4, 0.5) is 5.69 Å². The van der Waals surface area contributed by atoms with Crippen LogP contribution < -0.4 is 10.7 Å². The summed E-state index contributed by atoms with van der Waals surface area (Å²) in [6.07, 6.45) is 2.79. The smallest absolute Gasteiger partial charge is 0.255 e. The highest BCUT2D eigenvalue weighted by atomic mass is 32.2. The van der Waals surface area contributed by atoms with Crippen LogP contribution in [-0.2, 0) is 19.6 Å². The summed E-state index contributed by atoms with van der Waals surface area (Å²) < 4.78 is 26.0. The number of hydrogen-bond donors (Lipinski definition) is 2. The summed E-state index contributed by atoms with van der Waals surface area (Å²) in [6, 6.07) is 5.73. The van der Waals surface area contributed by atoms with Gasteiger partial charge in [-0.05, 0) is 44.0 Å². The Balaban J connectivity index is 2.71. The fourth-order valence-corrected chi connectivity index (χ4v) is 3.19. The van der Waals surface area contributed by atoms with Crippen LogP contribution >= 0.6 is 0 Å². The van der Waals surface area contributed by atoms with Crippen molar-refractivity contribution in [1.82, 2.24) is 9.73 Å². The lowest BCUT2D eigenvalue weighted by atomic mass is 10.2. The summed E-state index contributed by atoms with van der Waals surface area (Å²) in [7, 11) is -2.50. The normalized spacial score (nSPS) is 12.1. The van der Waals surface area contributed by atoms with Gasteiger partial charge in [0.1, 0.15) is 0 Å². The molecule has 2 amide bonds. The first-order chi connectivity index (χ1) is 12.2. The van der Waals surface area contributed by atoms with Crippen molar-refractivity contribution in [3.8, 4) is 0 Å². The molecule has 0 radical (unpaired) electrons. The lowest BCUT2D eigenvalue weighted by Crippen LogP contribution is -2.36. The largest absolute Gasteiger partial charge is 0.326 e.